The molecule has 0 aliphatic carbocycles. The molecule has 12 heteroatoms. The van der Waals surface area contributed by atoms with Gasteiger partial charge in [0.1, 0.15) is 17.4 Å². The molecule has 2 aliphatic rings. The van der Waals surface area contributed by atoms with Crippen molar-refractivity contribution in [3.05, 3.63) is 77.4 Å². The maximum atomic E-state index is 12.9. The highest BCUT2D eigenvalue weighted by molar-refractivity contribution is 6.06. The molecule has 0 saturated carbocycles. The van der Waals surface area contributed by atoms with Crippen LogP contribution in [0.5, 0.6) is 0 Å². The lowest BCUT2D eigenvalue weighted by Gasteiger charge is -2.32. The van der Waals surface area contributed by atoms with Crippen molar-refractivity contribution in [2.24, 2.45) is 15.7 Å². The molecule has 1 atom stereocenters. The Balaban J connectivity index is 1.55. The van der Waals surface area contributed by atoms with E-state index in [1.165, 1.54) is 12.1 Å². The number of benzene rings is 1. The Hall–Kier alpha value is -4.03. The van der Waals surface area contributed by atoms with Gasteiger partial charge in [-0.05, 0) is 31.0 Å². The van der Waals surface area contributed by atoms with Gasteiger partial charge in [0.25, 0.3) is 5.91 Å². The SMILES string of the molecule is C=N/C(=C1/C(N)=NC=CN1CC1CNCCO1)c1ccc(C(=O)Nc2cc(C(F)(F)F)ccn2)cc1. The Kier molecular flexibility index (Phi) is 7.46. The van der Waals surface area contributed by atoms with Crippen LogP contribution in [0, 0.1) is 0 Å². The van der Waals surface area contributed by atoms with E-state index >= 15 is 0 Å². The molecule has 0 radical (unpaired) electrons. The van der Waals surface area contributed by atoms with Crippen molar-refractivity contribution in [1.29, 1.82) is 0 Å². The van der Waals surface area contributed by atoms with E-state index in [4.69, 9.17) is 10.5 Å². The first kappa shape index (κ1) is 25.1. The van der Waals surface area contributed by atoms with E-state index in [9.17, 15) is 18.0 Å². The van der Waals surface area contributed by atoms with E-state index in [0.29, 0.717) is 36.7 Å². The maximum absolute atomic E-state index is 12.9. The smallest absolute Gasteiger partial charge is 0.382 e. The Labute approximate surface area is 205 Å². The topological polar surface area (TPSA) is 117 Å². The molecule has 1 fully saturated rings. The van der Waals surface area contributed by atoms with Crippen LogP contribution in [-0.4, -0.2) is 60.7 Å². The molecule has 188 valence electrons. The van der Waals surface area contributed by atoms with Gasteiger partial charge >= 0.3 is 6.18 Å². The number of alkyl halides is 3. The number of morpholine rings is 1. The first-order valence-electron chi connectivity index (χ1n) is 11.0. The fraction of sp³-hybridized carbons (Fsp3) is 0.250. The van der Waals surface area contributed by atoms with Gasteiger partial charge in [0.15, 0.2) is 0 Å². The predicted octanol–water partition coefficient (Wildman–Crippen LogP) is 2.85. The number of anilines is 1. The second kappa shape index (κ2) is 10.7. The summed E-state index contributed by atoms with van der Waals surface area (Å²) in [6, 6.07) is 7.94. The van der Waals surface area contributed by atoms with Gasteiger partial charge in [-0.25, -0.2) is 9.98 Å². The number of carbonyl (C=O) groups excluding carboxylic acids is 1. The molecule has 4 rings (SSSR count). The summed E-state index contributed by atoms with van der Waals surface area (Å²) in [6.45, 7) is 6.28. The molecule has 1 aromatic heterocycles. The third kappa shape index (κ3) is 5.78. The molecule has 2 aromatic rings. The van der Waals surface area contributed by atoms with Crippen molar-refractivity contribution in [2.75, 3.05) is 31.6 Å². The summed E-state index contributed by atoms with van der Waals surface area (Å²) < 4.78 is 44.6. The summed E-state index contributed by atoms with van der Waals surface area (Å²) in [4.78, 5) is 26.6. The largest absolute Gasteiger partial charge is 0.416 e. The summed E-state index contributed by atoms with van der Waals surface area (Å²) >= 11 is 0. The summed E-state index contributed by atoms with van der Waals surface area (Å²) in [6.07, 6.45) is -0.256. The lowest BCUT2D eigenvalue weighted by Crippen LogP contribution is -2.45. The standard InChI is InChI=1S/C24H24F3N7O2/c1-29-20(21-22(28)32-8-10-34(21)14-18-13-30-9-11-36-18)15-2-4-16(5-3-15)23(35)33-19-12-17(6-7-31-19)24(25,26)27/h2-8,10,12,18,30H,1,9,11,13-14H2,(H2,28,32)(H,31,33,35)/b21-20-. The van der Waals surface area contributed by atoms with Gasteiger partial charge in [-0.15, -0.1) is 0 Å². The first-order valence-corrected chi connectivity index (χ1v) is 11.0. The van der Waals surface area contributed by atoms with Crippen molar-refractivity contribution < 1.29 is 22.7 Å². The van der Waals surface area contributed by atoms with Gasteiger partial charge in [0.05, 0.1) is 30.5 Å². The maximum Gasteiger partial charge on any atom is 0.416 e. The highest BCUT2D eigenvalue weighted by Crippen LogP contribution is 2.30. The predicted molar refractivity (Wildman–Crippen MR) is 130 cm³/mol. The zero-order valence-electron chi connectivity index (χ0n) is 19.1. The number of nitrogens with zero attached hydrogens (tertiary/aromatic N) is 4. The van der Waals surface area contributed by atoms with Crippen LogP contribution in [0.3, 0.4) is 0 Å². The number of nitrogens with two attached hydrogens (primary N) is 1. The molecule has 36 heavy (non-hydrogen) atoms. The Morgan fingerprint density at radius 3 is 2.69 bits per heavy atom. The molecule has 4 N–H and O–H groups in total. The van der Waals surface area contributed by atoms with Crippen molar-refractivity contribution in [2.45, 2.75) is 12.3 Å². The minimum Gasteiger partial charge on any atom is -0.382 e. The molecular weight excluding hydrogens is 475 g/mol. The van der Waals surface area contributed by atoms with E-state index < -0.39 is 17.6 Å². The highest BCUT2D eigenvalue weighted by atomic mass is 19.4. The molecule has 0 spiro atoms. The Morgan fingerprint density at radius 1 is 1.28 bits per heavy atom. The number of hydrogen-bond donors (Lipinski definition) is 3. The van der Waals surface area contributed by atoms with Crippen LogP contribution in [-0.2, 0) is 10.9 Å². The number of amides is 1. The lowest BCUT2D eigenvalue weighted by molar-refractivity contribution is -0.137. The highest BCUT2D eigenvalue weighted by Gasteiger charge is 2.31. The molecule has 0 bridgehead atoms. The van der Waals surface area contributed by atoms with Gasteiger partial charge < -0.3 is 26.0 Å². The van der Waals surface area contributed by atoms with Crippen LogP contribution in [0.1, 0.15) is 21.5 Å². The molecule has 9 nitrogen and oxygen atoms in total. The van der Waals surface area contributed by atoms with Gasteiger partial charge in [0, 0.05) is 42.8 Å². The number of carbonyl (C=O) groups is 1. The number of nitrogens with one attached hydrogen (secondary N) is 2. The van der Waals surface area contributed by atoms with E-state index in [0.717, 1.165) is 24.9 Å². The number of halogens is 3. The van der Waals surface area contributed by atoms with Gasteiger partial charge in [-0.1, -0.05) is 12.1 Å². The third-order valence-electron chi connectivity index (χ3n) is 5.53. The molecule has 1 unspecified atom stereocenters. The summed E-state index contributed by atoms with van der Waals surface area (Å²) in [5.74, 6) is -0.567. The number of aliphatic imine (C=N–C) groups is 2. The number of ether oxygens (including phenoxy) is 1. The zero-order valence-corrected chi connectivity index (χ0v) is 19.1. The number of pyridine rings is 1. The quantitative estimate of drug-likeness (QED) is 0.527. The number of aromatic nitrogens is 1. The Bertz CT molecular complexity index is 1220. The van der Waals surface area contributed by atoms with Crippen LogP contribution >= 0.6 is 0 Å². The molecular formula is C24H24F3N7O2. The van der Waals surface area contributed by atoms with E-state index in [2.05, 4.69) is 32.3 Å². The van der Waals surface area contributed by atoms with Crippen LogP contribution in [0.4, 0.5) is 19.0 Å². The van der Waals surface area contributed by atoms with Crippen molar-refractivity contribution in [1.82, 2.24) is 15.2 Å². The van der Waals surface area contributed by atoms with Crippen LogP contribution in [0.2, 0.25) is 0 Å². The number of rotatable bonds is 6. The van der Waals surface area contributed by atoms with Crippen molar-refractivity contribution >= 4 is 30.0 Å². The monoisotopic (exact) mass is 499 g/mol. The average Bonchev–Trinajstić information content (AvgIpc) is 2.87. The fourth-order valence-corrected chi connectivity index (χ4v) is 3.79. The zero-order chi connectivity index (χ0) is 25.7. The van der Waals surface area contributed by atoms with E-state index in [1.807, 2.05) is 4.90 Å². The van der Waals surface area contributed by atoms with E-state index in [1.54, 1.807) is 24.5 Å². The van der Waals surface area contributed by atoms with Crippen LogP contribution < -0.4 is 16.4 Å². The average molecular weight is 499 g/mol. The van der Waals surface area contributed by atoms with Gasteiger partial charge in [0.2, 0.25) is 0 Å². The summed E-state index contributed by atoms with van der Waals surface area (Å²) in [5.41, 5.74) is 7.13. The molecule has 2 aliphatic heterocycles. The number of amidine groups is 1. The van der Waals surface area contributed by atoms with Crippen LogP contribution in [0.25, 0.3) is 5.70 Å². The first-order chi connectivity index (χ1) is 17.3. The third-order valence-corrected chi connectivity index (χ3v) is 5.53. The number of hydrogen-bond acceptors (Lipinski definition) is 8. The Morgan fingerprint density at radius 2 is 2.03 bits per heavy atom. The summed E-state index contributed by atoms with van der Waals surface area (Å²) in [7, 11) is 0. The molecule has 1 saturated heterocycles. The second-order valence-electron chi connectivity index (χ2n) is 7.98. The van der Waals surface area contributed by atoms with Gasteiger partial charge in [-0.2, -0.15) is 13.2 Å². The molecule has 1 amide bonds. The van der Waals surface area contributed by atoms with Gasteiger partial charge in [-0.3, -0.25) is 9.79 Å². The lowest BCUT2D eigenvalue weighted by atomic mass is 10.1. The van der Waals surface area contributed by atoms with E-state index in [-0.39, 0.29) is 23.3 Å². The molecule has 1 aromatic carbocycles. The normalized spacial score (nSPS) is 19.5. The minimum absolute atomic E-state index is 0.0640. The van der Waals surface area contributed by atoms with Crippen LogP contribution in [0.15, 0.2) is 70.7 Å². The second-order valence-corrected chi connectivity index (χ2v) is 7.98. The van der Waals surface area contributed by atoms with Crippen molar-refractivity contribution in [3.63, 3.8) is 0 Å². The van der Waals surface area contributed by atoms with Crippen molar-refractivity contribution in [3.8, 4) is 0 Å². The minimum atomic E-state index is -4.54. The fourth-order valence-electron chi connectivity index (χ4n) is 3.79. The molecule has 3 heterocycles. The summed E-state index contributed by atoms with van der Waals surface area (Å²) in [5, 5.41) is 5.66.